The van der Waals surface area contributed by atoms with Crippen molar-refractivity contribution in [3.63, 3.8) is 0 Å². The van der Waals surface area contributed by atoms with E-state index in [-0.39, 0.29) is 12.7 Å². The summed E-state index contributed by atoms with van der Waals surface area (Å²) < 4.78 is 17.1. The number of hydrogen-bond acceptors (Lipinski definition) is 6. The maximum Gasteiger partial charge on any atom is 0.251 e. The van der Waals surface area contributed by atoms with E-state index in [0.29, 0.717) is 23.6 Å². The second kappa shape index (κ2) is 9.68. The van der Waals surface area contributed by atoms with E-state index in [1.54, 1.807) is 25.3 Å². The third-order valence-corrected chi connectivity index (χ3v) is 6.23. The van der Waals surface area contributed by atoms with Crippen LogP contribution in [0.4, 0.5) is 0 Å². The number of nitrogens with zero attached hydrogens (tertiary/aromatic N) is 2. The monoisotopic (exact) mass is 475 g/mol. The minimum absolute atomic E-state index is 0.0881. The highest BCUT2D eigenvalue weighted by molar-refractivity contribution is 9.10. The summed E-state index contributed by atoms with van der Waals surface area (Å²) in [5, 5.41) is 3.00. The molecule has 0 aromatic heterocycles. The third-order valence-electron chi connectivity index (χ3n) is 5.46. The van der Waals surface area contributed by atoms with Crippen LogP contribution in [0.15, 0.2) is 40.9 Å². The number of carbonyl (C=O) groups excluding carboxylic acids is 1. The van der Waals surface area contributed by atoms with Crippen LogP contribution in [0.5, 0.6) is 17.2 Å². The predicted octanol–water partition coefficient (Wildman–Crippen LogP) is 2.73. The van der Waals surface area contributed by atoms with Crippen molar-refractivity contribution in [2.24, 2.45) is 0 Å². The number of carbonyl (C=O) groups is 1. The molecule has 2 aromatic rings. The molecule has 1 saturated heterocycles. The minimum atomic E-state index is -0.0881. The van der Waals surface area contributed by atoms with E-state index < -0.39 is 0 Å². The van der Waals surface area contributed by atoms with Gasteiger partial charge in [-0.25, -0.2) is 0 Å². The molecule has 160 valence electrons. The van der Waals surface area contributed by atoms with Gasteiger partial charge in [0.05, 0.1) is 7.11 Å². The van der Waals surface area contributed by atoms with Crippen molar-refractivity contribution in [3.05, 3.63) is 52.0 Å². The lowest BCUT2D eigenvalue weighted by molar-refractivity contribution is 0.0933. The smallest absolute Gasteiger partial charge is 0.251 e. The van der Waals surface area contributed by atoms with Gasteiger partial charge in [-0.05, 0) is 42.0 Å². The largest absolute Gasteiger partial charge is 0.497 e. The van der Waals surface area contributed by atoms with E-state index in [9.17, 15) is 4.79 Å². The second-order valence-corrected chi connectivity index (χ2v) is 8.25. The Bertz CT molecular complexity index is 900. The summed E-state index contributed by atoms with van der Waals surface area (Å²) in [5.74, 6) is 2.10. The van der Waals surface area contributed by atoms with Crippen molar-refractivity contribution >= 4 is 21.8 Å². The molecule has 0 atom stereocenters. The van der Waals surface area contributed by atoms with Crippen molar-refractivity contribution in [1.29, 1.82) is 0 Å². The number of nitrogens with one attached hydrogen (secondary N) is 1. The summed E-state index contributed by atoms with van der Waals surface area (Å²) in [6.45, 7) is 6.54. The Hall–Kier alpha value is -2.29. The maximum atomic E-state index is 12.4. The fourth-order valence-corrected chi connectivity index (χ4v) is 4.05. The average Bonchev–Trinajstić information content (AvgIpc) is 3.24. The van der Waals surface area contributed by atoms with Gasteiger partial charge < -0.3 is 19.5 Å². The fourth-order valence-electron chi connectivity index (χ4n) is 3.68. The molecule has 4 rings (SSSR count). The number of benzene rings is 2. The first-order chi connectivity index (χ1) is 14.6. The van der Waals surface area contributed by atoms with Gasteiger partial charge in [0.25, 0.3) is 5.91 Å². The Balaban J connectivity index is 1.19. The highest BCUT2D eigenvalue weighted by atomic mass is 79.9. The molecule has 0 bridgehead atoms. The lowest BCUT2D eigenvalue weighted by Gasteiger charge is -2.34. The van der Waals surface area contributed by atoms with Crippen molar-refractivity contribution in [1.82, 2.24) is 15.1 Å². The normalized spacial score (nSPS) is 16.5. The van der Waals surface area contributed by atoms with Crippen LogP contribution in [-0.2, 0) is 6.54 Å². The topological polar surface area (TPSA) is 63.3 Å². The van der Waals surface area contributed by atoms with Crippen molar-refractivity contribution in [3.8, 4) is 17.2 Å². The van der Waals surface area contributed by atoms with Crippen molar-refractivity contribution in [2.75, 3.05) is 53.2 Å². The Kier molecular flexibility index (Phi) is 6.76. The standard InChI is InChI=1S/C22H26BrN3O4/c1-28-18-3-4-19(23)17(12-18)14-26-10-8-25(9-11-26)7-6-24-22(27)16-2-5-20-21(13-16)30-15-29-20/h2-5,12-13H,6-11,14-15H2,1H3,(H,24,27). The lowest BCUT2D eigenvalue weighted by Crippen LogP contribution is -2.48. The number of halogens is 1. The van der Waals surface area contributed by atoms with E-state index in [1.165, 1.54) is 5.56 Å². The van der Waals surface area contributed by atoms with E-state index in [1.807, 2.05) is 12.1 Å². The minimum Gasteiger partial charge on any atom is -0.497 e. The number of piperazine rings is 1. The molecule has 1 N–H and O–H groups in total. The van der Waals surface area contributed by atoms with Gasteiger partial charge in [-0.1, -0.05) is 15.9 Å². The SMILES string of the molecule is COc1ccc(Br)c(CN2CCN(CCNC(=O)c3ccc4c(c3)OCO4)CC2)c1. The van der Waals surface area contributed by atoms with E-state index in [0.717, 1.165) is 49.5 Å². The number of rotatable bonds is 7. The molecule has 8 heteroatoms. The van der Waals surface area contributed by atoms with Gasteiger partial charge in [0.1, 0.15) is 5.75 Å². The van der Waals surface area contributed by atoms with Crippen LogP contribution in [0.2, 0.25) is 0 Å². The quantitative estimate of drug-likeness (QED) is 0.664. The molecule has 0 radical (unpaired) electrons. The average molecular weight is 476 g/mol. The number of fused-ring (bicyclic) bond motifs is 1. The highest BCUT2D eigenvalue weighted by Gasteiger charge is 2.19. The zero-order valence-corrected chi connectivity index (χ0v) is 18.6. The molecule has 2 heterocycles. The molecule has 7 nitrogen and oxygen atoms in total. The van der Waals surface area contributed by atoms with Crippen LogP contribution in [-0.4, -0.2) is 68.9 Å². The van der Waals surface area contributed by atoms with Gasteiger partial charge in [-0.15, -0.1) is 0 Å². The fraction of sp³-hybridized carbons (Fsp3) is 0.409. The summed E-state index contributed by atoms with van der Waals surface area (Å²) in [7, 11) is 1.69. The maximum absolute atomic E-state index is 12.4. The summed E-state index contributed by atoms with van der Waals surface area (Å²) in [4.78, 5) is 17.2. The van der Waals surface area contributed by atoms with Crippen molar-refractivity contribution in [2.45, 2.75) is 6.54 Å². The first kappa shape index (κ1) is 21.0. The molecule has 1 fully saturated rings. The highest BCUT2D eigenvalue weighted by Crippen LogP contribution is 2.32. The number of methoxy groups -OCH3 is 1. The van der Waals surface area contributed by atoms with Gasteiger partial charge in [0.2, 0.25) is 6.79 Å². The molecule has 30 heavy (non-hydrogen) atoms. The third kappa shape index (κ3) is 5.06. The van der Waals surface area contributed by atoms with Crippen LogP contribution in [0.25, 0.3) is 0 Å². The van der Waals surface area contributed by atoms with Crippen molar-refractivity contribution < 1.29 is 19.0 Å². The molecule has 2 aliphatic rings. The molecular formula is C22H26BrN3O4. The lowest BCUT2D eigenvalue weighted by atomic mass is 10.2. The molecule has 0 unspecified atom stereocenters. The summed E-state index contributed by atoms with van der Waals surface area (Å²) >= 11 is 3.63. The van der Waals surface area contributed by atoms with Gasteiger partial charge in [0.15, 0.2) is 11.5 Å². The predicted molar refractivity (Wildman–Crippen MR) is 117 cm³/mol. The van der Waals surface area contributed by atoms with Gasteiger partial charge in [-0.2, -0.15) is 0 Å². The second-order valence-electron chi connectivity index (χ2n) is 7.40. The van der Waals surface area contributed by atoms with Gasteiger partial charge >= 0.3 is 0 Å². The van der Waals surface area contributed by atoms with E-state index in [2.05, 4.69) is 37.1 Å². The van der Waals surface area contributed by atoms with Crippen LogP contribution >= 0.6 is 15.9 Å². The number of amides is 1. The van der Waals surface area contributed by atoms with Crippen LogP contribution in [0.1, 0.15) is 15.9 Å². The molecule has 0 aliphatic carbocycles. The molecule has 1 amide bonds. The van der Waals surface area contributed by atoms with Gasteiger partial charge in [-0.3, -0.25) is 14.6 Å². The Morgan fingerprint density at radius 1 is 1.07 bits per heavy atom. The van der Waals surface area contributed by atoms with Crippen LogP contribution in [0, 0.1) is 0 Å². The summed E-state index contributed by atoms with van der Waals surface area (Å²) in [5.41, 5.74) is 1.83. The van der Waals surface area contributed by atoms with Crippen LogP contribution < -0.4 is 19.5 Å². The molecular weight excluding hydrogens is 450 g/mol. The number of ether oxygens (including phenoxy) is 3. The number of hydrogen-bond donors (Lipinski definition) is 1. The zero-order chi connectivity index (χ0) is 20.9. The Morgan fingerprint density at radius 2 is 1.83 bits per heavy atom. The molecule has 2 aliphatic heterocycles. The summed E-state index contributed by atoms with van der Waals surface area (Å²) in [6.07, 6.45) is 0. The van der Waals surface area contributed by atoms with Crippen LogP contribution in [0.3, 0.4) is 0 Å². The van der Waals surface area contributed by atoms with E-state index in [4.69, 9.17) is 14.2 Å². The summed E-state index contributed by atoms with van der Waals surface area (Å²) in [6, 6.07) is 11.3. The van der Waals surface area contributed by atoms with E-state index >= 15 is 0 Å². The molecule has 0 spiro atoms. The Morgan fingerprint density at radius 3 is 2.63 bits per heavy atom. The zero-order valence-electron chi connectivity index (χ0n) is 17.0. The Labute approximate surface area is 185 Å². The molecule has 0 saturated carbocycles. The first-order valence-electron chi connectivity index (χ1n) is 10.1. The first-order valence-corrected chi connectivity index (χ1v) is 10.9. The molecule has 2 aromatic carbocycles. The van der Waals surface area contributed by atoms with Gasteiger partial charge in [0, 0.05) is 55.8 Å².